The summed E-state index contributed by atoms with van der Waals surface area (Å²) in [6.07, 6.45) is 0. The van der Waals surface area contributed by atoms with E-state index in [1.54, 1.807) is 24.3 Å². The Kier molecular flexibility index (Phi) is 7.41. The maximum atomic E-state index is 12.2. The third kappa shape index (κ3) is 6.01. The molecule has 8 nitrogen and oxygen atoms in total. The van der Waals surface area contributed by atoms with Gasteiger partial charge in [-0.25, -0.2) is 4.79 Å². The fourth-order valence-corrected chi connectivity index (χ4v) is 4.15. The SMILES string of the molecule is COC(=O)c1ccc(NC(=O)CSc2ccc(N3CCN(c4ccccc4)CC3)nn2)cc1. The number of para-hydroxylation sites is 1. The Morgan fingerprint density at radius 1 is 0.909 bits per heavy atom. The molecule has 9 heteroatoms. The average molecular weight is 464 g/mol. The average Bonchev–Trinajstić information content (AvgIpc) is 2.88. The van der Waals surface area contributed by atoms with Gasteiger partial charge < -0.3 is 19.9 Å². The van der Waals surface area contributed by atoms with Gasteiger partial charge in [-0.05, 0) is 48.5 Å². The van der Waals surface area contributed by atoms with Crippen LogP contribution in [0.1, 0.15) is 10.4 Å². The van der Waals surface area contributed by atoms with E-state index in [4.69, 9.17) is 0 Å². The molecule has 0 radical (unpaired) electrons. The molecule has 1 amide bonds. The molecule has 0 atom stereocenters. The zero-order valence-corrected chi connectivity index (χ0v) is 19.1. The molecule has 3 aromatic rings. The Bertz CT molecular complexity index is 1070. The van der Waals surface area contributed by atoms with Gasteiger partial charge in [-0.3, -0.25) is 4.79 Å². The van der Waals surface area contributed by atoms with Crippen LogP contribution in [-0.4, -0.2) is 61.1 Å². The van der Waals surface area contributed by atoms with Crippen molar-refractivity contribution in [3.05, 3.63) is 72.3 Å². The monoisotopic (exact) mass is 463 g/mol. The molecule has 1 aliphatic heterocycles. The van der Waals surface area contributed by atoms with Crippen molar-refractivity contribution in [2.75, 3.05) is 54.2 Å². The number of nitrogens with one attached hydrogen (secondary N) is 1. The minimum absolute atomic E-state index is 0.159. The summed E-state index contributed by atoms with van der Waals surface area (Å²) in [5.41, 5.74) is 2.29. The lowest BCUT2D eigenvalue weighted by Crippen LogP contribution is -2.46. The number of amides is 1. The summed E-state index contributed by atoms with van der Waals surface area (Å²) in [7, 11) is 1.33. The van der Waals surface area contributed by atoms with Crippen molar-refractivity contribution in [1.82, 2.24) is 10.2 Å². The van der Waals surface area contributed by atoms with E-state index in [1.165, 1.54) is 24.6 Å². The van der Waals surface area contributed by atoms with Crippen molar-refractivity contribution in [2.45, 2.75) is 5.03 Å². The number of hydrogen-bond donors (Lipinski definition) is 1. The summed E-state index contributed by atoms with van der Waals surface area (Å²) in [6, 6.07) is 20.8. The van der Waals surface area contributed by atoms with Gasteiger partial charge in [-0.1, -0.05) is 30.0 Å². The van der Waals surface area contributed by atoms with Crippen LogP contribution in [0.5, 0.6) is 0 Å². The van der Waals surface area contributed by atoms with E-state index in [0.29, 0.717) is 16.3 Å². The standard InChI is InChI=1S/C24H25N5O3S/c1-32-24(31)18-7-9-19(10-8-18)25-22(30)17-33-23-12-11-21(26-27-23)29-15-13-28(14-16-29)20-5-3-2-4-6-20/h2-12H,13-17H2,1H3,(H,25,30). The van der Waals surface area contributed by atoms with Crippen LogP contribution in [0, 0.1) is 0 Å². The molecule has 2 aromatic carbocycles. The number of rotatable bonds is 7. The van der Waals surface area contributed by atoms with Crippen molar-refractivity contribution in [1.29, 1.82) is 0 Å². The maximum Gasteiger partial charge on any atom is 0.337 e. The van der Waals surface area contributed by atoms with Crippen LogP contribution < -0.4 is 15.1 Å². The molecule has 170 valence electrons. The van der Waals surface area contributed by atoms with Gasteiger partial charge in [0, 0.05) is 37.6 Å². The van der Waals surface area contributed by atoms with Crippen molar-refractivity contribution >= 4 is 40.8 Å². The van der Waals surface area contributed by atoms with Crippen molar-refractivity contribution in [3.8, 4) is 0 Å². The van der Waals surface area contributed by atoms with Gasteiger partial charge in [-0.2, -0.15) is 0 Å². The van der Waals surface area contributed by atoms with Crippen LogP contribution in [0.4, 0.5) is 17.2 Å². The number of anilines is 3. The van der Waals surface area contributed by atoms with Crippen LogP contribution in [0.3, 0.4) is 0 Å². The highest BCUT2D eigenvalue weighted by Gasteiger charge is 2.18. The van der Waals surface area contributed by atoms with E-state index in [9.17, 15) is 9.59 Å². The van der Waals surface area contributed by atoms with E-state index in [2.05, 4.69) is 54.3 Å². The first-order chi connectivity index (χ1) is 16.1. The predicted octanol–water partition coefficient (Wildman–Crippen LogP) is 3.32. The summed E-state index contributed by atoms with van der Waals surface area (Å²) in [4.78, 5) is 28.3. The molecule has 0 spiro atoms. The molecule has 2 heterocycles. The number of thioether (sulfide) groups is 1. The first-order valence-electron chi connectivity index (χ1n) is 10.6. The van der Waals surface area contributed by atoms with Crippen LogP contribution in [-0.2, 0) is 9.53 Å². The Balaban J connectivity index is 1.23. The smallest absolute Gasteiger partial charge is 0.337 e. The third-order valence-corrected chi connectivity index (χ3v) is 6.21. The number of hydrogen-bond acceptors (Lipinski definition) is 8. The molecule has 1 saturated heterocycles. The number of carbonyl (C=O) groups excluding carboxylic acids is 2. The highest BCUT2D eigenvalue weighted by atomic mass is 32.2. The number of methoxy groups -OCH3 is 1. The fourth-order valence-electron chi connectivity index (χ4n) is 3.54. The Morgan fingerprint density at radius 2 is 1.61 bits per heavy atom. The number of esters is 1. The largest absolute Gasteiger partial charge is 0.465 e. The molecule has 0 aliphatic carbocycles. The molecule has 1 fully saturated rings. The lowest BCUT2D eigenvalue weighted by molar-refractivity contribution is -0.113. The fraction of sp³-hybridized carbons (Fsp3) is 0.250. The minimum Gasteiger partial charge on any atom is -0.465 e. The van der Waals surface area contributed by atoms with Crippen molar-refractivity contribution < 1.29 is 14.3 Å². The number of carbonyl (C=O) groups is 2. The Hall–Kier alpha value is -3.59. The molecule has 1 N–H and O–H groups in total. The summed E-state index contributed by atoms with van der Waals surface area (Å²) < 4.78 is 4.67. The minimum atomic E-state index is -0.413. The molecule has 0 unspecified atom stereocenters. The number of piperazine rings is 1. The van der Waals surface area contributed by atoms with Gasteiger partial charge in [0.15, 0.2) is 5.82 Å². The first kappa shape index (κ1) is 22.6. The molecule has 33 heavy (non-hydrogen) atoms. The topological polar surface area (TPSA) is 87.7 Å². The number of ether oxygens (including phenoxy) is 1. The Labute approximate surface area is 196 Å². The van der Waals surface area contributed by atoms with Gasteiger partial charge >= 0.3 is 5.97 Å². The quantitative estimate of drug-likeness (QED) is 0.422. The lowest BCUT2D eigenvalue weighted by Gasteiger charge is -2.36. The molecular formula is C24H25N5O3S. The summed E-state index contributed by atoms with van der Waals surface area (Å²) in [5.74, 6) is 0.488. The van der Waals surface area contributed by atoms with Crippen LogP contribution in [0.15, 0.2) is 71.8 Å². The van der Waals surface area contributed by atoms with Gasteiger partial charge in [0.1, 0.15) is 5.03 Å². The summed E-state index contributed by atoms with van der Waals surface area (Å²) >= 11 is 1.33. The Morgan fingerprint density at radius 3 is 2.24 bits per heavy atom. The molecular weight excluding hydrogens is 438 g/mol. The van der Waals surface area contributed by atoms with Gasteiger partial charge in [0.2, 0.25) is 5.91 Å². The van der Waals surface area contributed by atoms with E-state index in [-0.39, 0.29) is 11.7 Å². The second-order valence-electron chi connectivity index (χ2n) is 7.45. The van der Waals surface area contributed by atoms with Crippen LogP contribution in [0.25, 0.3) is 0 Å². The normalized spacial score (nSPS) is 13.5. The zero-order valence-electron chi connectivity index (χ0n) is 18.3. The number of aromatic nitrogens is 2. The number of benzene rings is 2. The van der Waals surface area contributed by atoms with Gasteiger partial charge in [-0.15, -0.1) is 10.2 Å². The molecule has 1 aromatic heterocycles. The van der Waals surface area contributed by atoms with Crippen molar-refractivity contribution in [3.63, 3.8) is 0 Å². The molecule has 0 bridgehead atoms. The molecule has 4 rings (SSSR count). The van der Waals surface area contributed by atoms with E-state index < -0.39 is 5.97 Å². The third-order valence-electron chi connectivity index (χ3n) is 5.29. The summed E-state index contributed by atoms with van der Waals surface area (Å²) in [5, 5.41) is 12.1. The number of nitrogens with zero attached hydrogens (tertiary/aromatic N) is 4. The highest BCUT2D eigenvalue weighted by molar-refractivity contribution is 7.99. The van der Waals surface area contributed by atoms with E-state index in [0.717, 1.165) is 32.0 Å². The second kappa shape index (κ2) is 10.8. The van der Waals surface area contributed by atoms with E-state index in [1.807, 2.05) is 18.2 Å². The maximum absolute atomic E-state index is 12.2. The second-order valence-corrected chi connectivity index (χ2v) is 8.44. The first-order valence-corrected chi connectivity index (χ1v) is 11.6. The summed E-state index contributed by atoms with van der Waals surface area (Å²) in [6.45, 7) is 3.63. The zero-order chi connectivity index (χ0) is 23.0. The predicted molar refractivity (Wildman–Crippen MR) is 130 cm³/mol. The van der Waals surface area contributed by atoms with Crippen LogP contribution in [0.2, 0.25) is 0 Å². The molecule has 0 saturated carbocycles. The van der Waals surface area contributed by atoms with Gasteiger partial charge in [0.25, 0.3) is 0 Å². The van der Waals surface area contributed by atoms with Crippen molar-refractivity contribution in [2.24, 2.45) is 0 Å². The highest BCUT2D eigenvalue weighted by Crippen LogP contribution is 2.21. The molecule has 1 aliphatic rings. The van der Waals surface area contributed by atoms with Gasteiger partial charge in [0.05, 0.1) is 18.4 Å². The van der Waals surface area contributed by atoms with Crippen LogP contribution >= 0.6 is 11.8 Å². The lowest BCUT2D eigenvalue weighted by atomic mass is 10.2. The van der Waals surface area contributed by atoms with E-state index >= 15 is 0 Å².